The van der Waals surface area contributed by atoms with Crippen LogP contribution in [0.3, 0.4) is 0 Å². The van der Waals surface area contributed by atoms with Crippen LogP contribution in [-0.2, 0) is 4.74 Å². The van der Waals surface area contributed by atoms with Crippen LogP contribution in [0.5, 0.6) is 0 Å². The van der Waals surface area contributed by atoms with E-state index in [4.69, 9.17) is 27.9 Å². The number of rotatable bonds is 3. The molecule has 0 radical (unpaired) electrons. The van der Waals surface area contributed by atoms with Crippen molar-refractivity contribution in [2.45, 2.75) is 12.0 Å². The molecule has 166 valence electrons. The lowest BCUT2D eigenvalue weighted by Crippen LogP contribution is -2.48. The van der Waals surface area contributed by atoms with E-state index in [1.165, 1.54) is 22.3 Å². The Morgan fingerprint density at radius 1 is 1.06 bits per heavy atom. The van der Waals surface area contributed by atoms with Crippen molar-refractivity contribution >= 4 is 41.7 Å². The fourth-order valence-electron chi connectivity index (χ4n) is 4.48. The second-order valence-corrected chi connectivity index (χ2v) is 8.58. The topological polar surface area (TPSA) is 54.5 Å². The Hall–Kier alpha value is -2.31. The average molecular weight is 491 g/mol. The SMILES string of the molecule is Cl.O=C(OCC1c2ccccc2-c2ccccc21)N1CCNC(c2cnc(Cl)cc2Cl)C1. The maximum atomic E-state index is 12.9. The van der Waals surface area contributed by atoms with Crippen molar-refractivity contribution in [2.24, 2.45) is 0 Å². The highest BCUT2D eigenvalue weighted by atomic mass is 35.5. The van der Waals surface area contributed by atoms with Gasteiger partial charge in [0.05, 0.1) is 11.1 Å². The Labute approximate surface area is 203 Å². The molecule has 1 saturated heterocycles. The molecule has 2 aromatic carbocycles. The molecule has 0 bridgehead atoms. The summed E-state index contributed by atoms with van der Waals surface area (Å²) in [6, 6.07) is 18.1. The van der Waals surface area contributed by atoms with Crippen LogP contribution in [0.4, 0.5) is 4.79 Å². The van der Waals surface area contributed by atoms with E-state index < -0.39 is 0 Å². The van der Waals surface area contributed by atoms with Gasteiger partial charge >= 0.3 is 6.09 Å². The molecule has 5 nitrogen and oxygen atoms in total. The molecule has 1 fully saturated rings. The number of aromatic nitrogens is 1. The molecular weight excluding hydrogens is 469 g/mol. The predicted molar refractivity (Wildman–Crippen MR) is 129 cm³/mol. The van der Waals surface area contributed by atoms with Crippen molar-refractivity contribution < 1.29 is 9.53 Å². The van der Waals surface area contributed by atoms with Crippen LogP contribution in [0.1, 0.15) is 28.7 Å². The lowest BCUT2D eigenvalue weighted by molar-refractivity contribution is 0.0883. The third kappa shape index (κ3) is 4.30. The fraction of sp³-hybridized carbons (Fsp3) is 0.250. The first-order chi connectivity index (χ1) is 15.1. The van der Waals surface area contributed by atoms with Gasteiger partial charge in [0.1, 0.15) is 11.8 Å². The predicted octanol–water partition coefficient (Wildman–Crippen LogP) is 5.71. The van der Waals surface area contributed by atoms with Gasteiger partial charge in [-0.15, -0.1) is 12.4 Å². The van der Waals surface area contributed by atoms with E-state index >= 15 is 0 Å². The maximum absolute atomic E-state index is 12.9. The molecule has 1 amide bonds. The highest BCUT2D eigenvalue weighted by Crippen LogP contribution is 2.44. The summed E-state index contributed by atoms with van der Waals surface area (Å²) in [5.74, 6) is 0.0463. The minimum atomic E-state index is -0.314. The number of carbonyl (C=O) groups is 1. The summed E-state index contributed by atoms with van der Waals surface area (Å²) >= 11 is 12.2. The van der Waals surface area contributed by atoms with Crippen molar-refractivity contribution in [2.75, 3.05) is 26.2 Å². The number of benzene rings is 2. The lowest BCUT2D eigenvalue weighted by Gasteiger charge is -2.33. The van der Waals surface area contributed by atoms with Crippen molar-refractivity contribution in [1.82, 2.24) is 15.2 Å². The number of nitrogens with one attached hydrogen (secondary N) is 1. The smallest absolute Gasteiger partial charge is 0.409 e. The van der Waals surface area contributed by atoms with Crippen LogP contribution in [0, 0.1) is 0 Å². The molecule has 2 aliphatic rings. The molecule has 1 aliphatic heterocycles. The molecule has 5 rings (SSSR count). The van der Waals surface area contributed by atoms with E-state index in [1.807, 2.05) is 24.3 Å². The van der Waals surface area contributed by atoms with Gasteiger partial charge in [-0.3, -0.25) is 0 Å². The quantitative estimate of drug-likeness (QED) is 0.478. The average Bonchev–Trinajstić information content (AvgIpc) is 3.11. The minimum absolute atomic E-state index is 0. The molecule has 1 N–H and O–H groups in total. The third-order valence-electron chi connectivity index (χ3n) is 5.99. The second-order valence-electron chi connectivity index (χ2n) is 7.79. The first-order valence-corrected chi connectivity index (χ1v) is 11.0. The maximum Gasteiger partial charge on any atom is 0.409 e. The largest absolute Gasteiger partial charge is 0.448 e. The number of carbonyl (C=O) groups excluding carboxylic acids is 1. The highest BCUT2D eigenvalue weighted by molar-refractivity contribution is 6.34. The molecule has 2 heterocycles. The number of fused-ring (bicyclic) bond motifs is 3. The van der Waals surface area contributed by atoms with Gasteiger partial charge in [-0.25, -0.2) is 9.78 Å². The molecule has 1 unspecified atom stereocenters. The van der Waals surface area contributed by atoms with E-state index in [2.05, 4.69) is 34.6 Å². The van der Waals surface area contributed by atoms with Gasteiger partial charge in [0.2, 0.25) is 0 Å². The number of piperazine rings is 1. The number of nitrogens with zero attached hydrogens (tertiary/aromatic N) is 2. The Kier molecular flexibility index (Phi) is 6.91. The van der Waals surface area contributed by atoms with Gasteiger partial charge < -0.3 is 15.0 Å². The van der Waals surface area contributed by atoms with Gasteiger partial charge in [-0.05, 0) is 28.3 Å². The summed E-state index contributed by atoms with van der Waals surface area (Å²) in [7, 11) is 0. The fourth-order valence-corrected chi connectivity index (χ4v) is 4.98. The van der Waals surface area contributed by atoms with E-state index in [-0.39, 0.29) is 30.5 Å². The summed E-state index contributed by atoms with van der Waals surface area (Å²) in [4.78, 5) is 18.7. The molecule has 0 spiro atoms. The second kappa shape index (κ2) is 9.67. The van der Waals surface area contributed by atoms with Crippen molar-refractivity contribution in [3.05, 3.63) is 87.7 Å². The van der Waals surface area contributed by atoms with Crippen LogP contribution in [-0.4, -0.2) is 42.2 Å². The summed E-state index contributed by atoms with van der Waals surface area (Å²) < 4.78 is 5.80. The van der Waals surface area contributed by atoms with E-state index in [0.29, 0.717) is 36.4 Å². The Morgan fingerprint density at radius 2 is 1.72 bits per heavy atom. The number of amides is 1. The van der Waals surface area contributed by atoms with Crippen molar-refractivity contribution in [1.29, 1.82) is 0 Å². The molecule has 1 aliphatic carbocycles. The molecular formula is C24H22Cl3N3O2. The number of hydrogen-bond donors (Lipinski definition) is 1. The highest BCUT2D eigenvalue weighted by Gasteiger charge is 2.31. The van der Waals surface area contributed by atoms with E-state index in [0.717, 1.165) is 5.56 Å². The van der Waals surface area contributed by atoms with E-state index in [1.54, 1.807) is 17.2 Å². The zero-order valence-electron chi connectivity index (χ0n) is 17.1. The summed E-state index contributed by atoms with van der Waals surface area (Å²) in [5.41, 5.74) is 5.65. The monoisotopic (exact) mass is 489 g/mol. The van der Waals surface area contributed by atoms with Crippen LogP contribution >= 0.6 is 35.6 Å². The van der Waals surface area contributed by atoms with Gasteiger partial charge in [-0.1, -0.05) is 71.7 Å². The summed E-state index contributed by atoms with van der Waals surface area (Å²) in [6.07, 6.45) is 1.34. The van der Waals surface area contributed by atoms with Crippen LogP contribution in [0.2, 0.25) is 10.2 Å². The van der Waals surface area contributed by atoms with Crippen LogP contribution < -0.4 is 5.32 Å². The van der Waals surface area contributed by atoms with Gasteiger partial charge in [0.15, 0.2) is 0 Å². The molecule has 3 aromatic rings. The first-order valence-electron chi connectivity index (χ1n) is 10.3. The van der Waals surface area contributed by atoms with Gasteiger partial charge in [-0.2, -0.15) is 0 Å². The Morgan fingerprint density at radius 3 is 2.38 bits per heavy atom. The van der Waals surface area contributed by atoms with Crippen molar-refractivity contribution in [3.8, 4) is 11.1 Å². The molecule has 8 heteroatoms. The minimum Gasteiger partial charge on any atom is -0.448 e. The summed E-state index contributed by atoms with van der Waals surface area (Å²) in [5, 5.41) is 4.27. The number of ether oxygens (including phenoxy) is 1. The first kappa shape index (κ1) is 22.9. The van der Waals surface area contributed by atoms with Crippen molar-refractivity contribution in [3.63, 3.8) is 0 Å². The standard InChI is InChI=1S/C24H21Cl2N3O2.ClH/c25-21-11-23(26)28-12-19(21)22-13-29(10-9-27-22)24(30)31-14-20-17-7-3-1-5-15(17)16-6-2-4-8-18(16)20;/h1-8,11-12,20,22,27H,9-10,13-14H2;1H. The zero-order chi connectivity index (χ0) is 21.4. The van der Waals surface area contributed by atoms with Crippen LogP contribution in [0.25, 0.3) is 11.1 Å². The Balaban J connectivity index is 0.00000245. The van der Waals surface area contributed by atoms with Gasteiger partial charge in [0, 0.05) is 37.3 Å². The number of hydrogen-bond acceptors (Lipinski definition) is 4. The molecule has 0 saturated carbocycles. The molecule has 1 atom stereocenters. The molecule has 1 aromatic heterocycles. The number of pyridine rings is 1. The molecule has 32 heavy (non-hydrogen) atoms. The normalized spacial score (nSPS) is 17.3. The van der Waals surface area contributed by atoms with Gasteiger partial charge in [0.25, 0.3) is 0 Å². The zero-order valence-corrected chi connectivity index (χ0v) is 19.5. The lowest BCUT2D eigenvalue weighted by atomic mass is 9.98. The Bertz CT molecular complexity index is 1100. The van der Waals surface area contributed by atoms with E-state index in [9.17, 15) is 4.79 Å². The summed E-state index contributed by atoms with van der Waals surface area (Å²) in [6.45, 7) is 1.99. The van der Waals surface area contributed by atoms with Crippen LogP contribution in [0.15, 0.2) is 60.8 Å². The number of halogens is 3. The third-order valence-corrected chi connectivity index (χ3v) is 6.53.